The number of rotatable bonds is 5. The molecule has 0 spiro atoms. The number of hydrogen-bond acceptors (Lipinski definition) is 3. The number of esters is 1. The number of carbonyl (C=O) groups is 1. The van der Waals surface area contributed by atoms with E-state index in [1.54, 1.807) is 13.0 Å². The molecule has 0 heterocycles. The summed E-state index contributed by atoms with van der Waals surface area (Å²) in [5, 5.41) is 3.42. The summed E-state index contributed by atoms with van der Waals surface area (Å²) >= 11 is 0. The Balaban J connectivity index is 2.08. The highest BCUT2D eigenvalue weighted by Crippen LogP contribution is 2.48. The fraction of sp³-hybridized carbons (Fsp3) is 0.357. The zero-order valence-electron chi connectivity index (χ0n) is 10.7. The molecule has 0 amide bonds. The molecule has 2 rings (SSSR count). The lowest BCUT2D eigenvalue weighted by Gasteiger charge is -2.01. The Morgan fingerprint density at radius 1 is 1.53 bits per heavy atom. The fourth-order valence-corrected chi connectivity index (χ4v) is 2.08. The van der Waals surface area contributed by atoms with Crippen LogP contribution in [0, 0.1) is 5.92 Å². The van der Waals surface area contributed by atoms with Crippen molar-refractivity contribution in [3.05, 3.63) is 58.1 Å². The molecule has 0 N–H and O–H groups in total. The van der Waals surface area contributed by atoms with Gasteiger partial charge in [-0.3, -0.25) is 0 Å². The minimum Gasteiger partial charge on any atom is -0.462 e. The lowest BCUT2D eigenvalue weighted by molar-refractivity contribution is -0.138. The minimum atomic E-state index is -0.556. The van der Waals surface area contributed by atoms with Crippen molar-refractivity contribution in [3.8, 4) is 0 Å². The van der Waals surface area contributed by atoms with Crippen LogP contribution in [-0.4, -0.2) is 12.6 Å². The van der Waals surface area contributed by atoms with Crippen LogP contribution in [0.15, 0.2) is 47.2 Å². The number of hydrogen-bond donors (Lipinski definition) is 0. The third kappa shape index (κ3) is 3.36. The minimum absolute atomic E-state index is 0.0628. The Morgan fingerprint density at radius 2 is 2.26 bits per heavy atom. The zero-order valence-corrected chi connectivity index (χ0v) is 10.7. The van der Waals surface area contributed by atoms with E-state index in [-0.39, 0.29) is 18.2 Å². The molecule has 1 aliphatic rings. The van der Waals surface area contributed by atoms with Gasteiger partial charge in [-0.25, -0.2) is 4.79 Å². The van der Waals surface area contributed by atoms with Crippen molar-refractivity contribution in [2.75, 3.05) is 6.61 Å². The van der Waals surface area contributed by atoms with E-state index in [2.05, 4.69) is 22.2 Å². The van der Waals surface area contributed by atoms with E-state index in [4.69, 9.17) is 10.3 Å². The normalized spacial score (nSPS) is 21.4. The third-order valence-corrected chi connectivity index (χ3v) is 3.08. The van der Waals surface area contributed by atoms with E-state index in [0.29, 0.717) is 5.92 Å². The number of carbonyl (C=O) groups excluding carboxylic acids is 1. The fourth-order valence-electron chi connectivity index (χ4n) is 2.08. The van der Waals surface area contributed by atoms with Crippen molar-refractivity contribution in [3.63, 3.8) is 0 Å². The number of allylic oxidation sites excluding steroid dienone is 1. The Hall–Kier alpha value is -2.26. The van der Waals surface area contributed by atoms with Crippen LogP contribution >= 0.6 is 0 Å². The van der Waals surface area contributed by atoms with Gasteiger partial charge in [0.1, 0.15) is 5.70 Å². The second-order valence-corrected chi connectivity index (χ2v) is 4.38. The van der Waals surface area contributed by atoms with Gasteiger partial charge in [0.2, 0.25) is 0 Å². The predicted molar refractivity (Wildman–Crippen MR) is 71.2 cm³/mol. The molecule has 0 saturated heterocycles. The van der Waals surface area contributed by atoms with E-state index in [0.717, 1.165) is 6.42 Å². The largest absolute Gasteiger partial charge is 0.462 e. The van der Waals surface area contributed by atoms with Crippen LogP contribution in [0.4, 0.5) is 0 Å². The van der Waals surface area contributed by atoms with Crippen LogP contribution in [0.25, 0.3) is 10.4 Å². The number of benzene rings is 1. The van der Waals surface area contributed by atoms with Crippen molar-refractivity contribution in [1.82, 2.24) is 0 Å². The summed E-state index contributed by atoms with van der Waals surface area (Å²) in [4.78, 5) is 14.3. The van der Waals surface area contributed by atoms with E-state index in [1.807, 2.05) is 18.2 Å². The van der Waals surface area contributed by atoms with Gasteiger partial charge in [-0.05, 0) is 36.3 Å². The average Bonchev–Trinajstić information content (AvgIpc) is 3.19. The molecule has 2 atom stereocenters. The summed E-state index contributed by atoms with van der Waals surface area (Å²) in [5.41, 5.74) is 9.79. The molecular formula is C14H15N3O2. The molecule has 0 bridgehead atoms. The third-order valence-electron chi connectivity index (χ3n) is 3.08. The van der Waals surface area contributed by atoms with Crippen LogP contribution in [0.5, 0.6) is 0 Å². The van der Waals surface area contributed by atoms with Crippen LogP contribution < -0.4 is 0 Å². The topological polar surface area (TPSA) is 75.1 Å². The van der Waals surface area contributed by atoms with Crippen LogP contribution in [0.1, 0.15) is 24.8 Å². The van der Waals surface area contributed by atoms with Crippen molar-refractivity contribution in [2.45, 2.75) is 19.3 Å². The summed E-state index contributed by atoms with van der Waals surface area (Å²) in [7, 11) is 0. The Labute approximate surface area is 111 Å². The molecular weight excluding hydrogens is 242 g/mol. The smallest absolute Gasteiger partial charge is 0.340 e. The zero-order chi connectivity index (χ0) is 13.7. The molecule has 1 aliphatic carbocycles. The van der Waals surface area contributed by atoms with Gasteiger partial charge in [0.15, 0.2) is 0 Å². The van der Waals surface area contributed by atoms with E-state index < -0.39 is 5.97 Å². The standard InChI is InChI=1S/C14H15N3O2/c1-2-19-14(18)13(16-17-15)9-11-8-12(11)10-6-4-3-5-7-10/h3-7,9,11-12H,2,8H2,1H3/b13-9-. The van der Waals surface area contributed by atoms with E-state index >= 15 is 0 Å². The highest BCUT2D eigenvalue weighted by Gasteiger charge is 2.37. The Kier molecular flexibility index (Phi) is 4.21. The maximum atomic E-state index is 11.6. The van der Waals surface area contributed by atoms with Crippen molar-refractivity contribution >= 4 is 5.97 Å². The van der Waals surface area contributed by atoms with E-state index in [1.165, 1.54) is 5.56 Å². The van der Waals surface area contributed by atoms with Gasteiger partial charge in [0.05, 0.1) is 6.61 Å². The molecule has 2 unspecified atom stereocenters. The van der Waals surface area contributed by atoms with Crippen LogP contribution in [0.2, 0.25) is 0 Å². The first-order valence-corrected chi connectivity index (χ1v) is 6.25. The van der Waals surface area contributed by atoms with Crippen molar-refractivity contribution in [2.24, 2.45) is 11.0 Å². The SMILES string of the molecule is CCOC(=O)/C(=C/C1CC1c1ccccc1)N=[N+]=[N-]. The summed E-state index contributed by atoms with van der Waals surface area (Å²) in [6.07, 6.45) is 2.68. The molecule has 98 valence electrons. The highest BCUT2D eigenvalue weighted by atomic mass is 16.5. The molecule has 0 aromatic heterocycles. The summed E-state index contributed by atoms with van der Waals surface area (Å²) in [5.74, 6) is 0.0887. The highest BCUT2D eigenvalue weighted by molar-refractivity contribution is 5.88. The van der Waals surface area contributed by atoms with E-state index in [9.17, 15) is 4.79 Å². The molecule has 1 aromatic carbocycles. The van der Waals surface area contributed by atoms with Gasteiger partial charge in [-0.2, -0.15) is 0 Å². The first-order valence-electron chi connectivity index (χ1n) is 6.25. The average molecular weight is 257 g/mol. The van der Waals surface area contributed by atoms with Gasteiger partial charge in [-0.1, -0.05) is 41.5 Å². The van der Waals surface area contributed by atoms with Crippen LogP contribution in [0.3, 0.4) is 0 Å². The Morgan fingerprint density at radius 3 is 2.89 bits per heavy atom. The van der Waals surface area contributed by atoms with Gasteiger partial charge in [-0.15, -0.1) is 0 Å². The lowest BCUT2D eigenvalue weighted by atomic mass is 10.1. The number of ether oxygens (including phenoxy) is 1. The second kappa shape index (κ2) is 6.07. The summed E-state index contributed by atoms with van der Waals surface area (Å²) < 4.78 is 4.85. The lowest BCUT2D eigenvalue weighted by Crippen LogP contribution is -2.06. The molecule has 0 aliphatic heterocycles. The first kappa shape index (κ1) is 13.2. The maximum Gasteiger partial charge on any atom is 0.340 e. The molecule has 1 saturated carbocycles. The monoisotopic (exact) mass is 257 g/mol. The predicted octanol–water partition coefficient (Wildman–Crippen LogP) is 3.55. The molecule has 0 radical (unpaired) electrons. The van der Waals surface area contributed by atoms with Crippen molar-refractivity contribution < 1.29 is 9.53 Å². The maximum absolute atomic E-state index is 11.6. The van der Waals surface area contributed by atoms with Crippen LogP contribution in [-0.2, 0) is 9.53 Å². The van der Waals surface area contributed by atoms with Gasteiger partial charge in [0, 0.05) is 4.91 Å². The van der Waals surface area contributed by atoms with Gasteiger partial charge < -0.3 is 4.74 Å². The molecule has 1 fully saturated rings. The Bertz CT molecular complexity index is 533. The number of nitrogens with zero attached hydrogens (tertiary/aromatic N) is 3. The molecule has 1 aromatic rings. The molecule has 19 heavy (non-hydrogen) atoms. The second-order valence-electron chi connectivity index (χ2n) is 4.38. The first-order chi connectivity index (χ1) is 9.26. The van der Waals surface area contributed by atoms with Gasteiger partial charge in [0.25, 0.3) is 0 Å². The number of azide groups is 1. The van der Waals surface area contributed by atoms with Crippen molar-refractivity contribution in [1.29, 1.82) is 0 Å². The van der Waals surface area contributed by atoms with Gasteiger partial charge >= 0.3 is 5.97 Å². The summed E-state index contributed by atoms with van der Waals surface area (Å²) in [6.45, 7) is 1.99. The molecule has 5 heteroatoms. The molecule has 5 nitrogen and oxygen atoms in total. The summed E-state index contributed by atoms with van der Waals surface area (Å²) in [6, 6.07) is 10.1. The quantitative estimate of drug-likeness (QED) is 0.266.